The van der Waals surface area contributed by atoms with E-state index in [-0.39, 0.29) is 18.8 Å². The van der Waals surface area contributed by atoms with E-state index in [4.69, 9.17) is 9.47 Å². The topological polar surface area (TPSA) is 41.9 Å². The summed E-state index contributed by atoms with van der Waals surface area (Å²) in [7, 11) is 0. The summed E-state index contributed by atoms with van der Waals surface area (Å²) >= 11 is 3.48. The fraction of sp³-hybridized carbons (Fsp3) is 0.455. The predicted molar refractivity (Wildman–Crippen MR) is 111 cm³/mol. The van der Waals surface area contributed by atoms with Crippen LogP contribution in [0, 0.1) is 13.8 Å². The Kier molecular flexibility index (Phi) is 6.93. The van der Waals surface area contributed by atoms with Gasteiger partial charge in [-0.2, -0.15) is 0 Å². The number of halogens is 1. The van der Waals surface area contributed by atoms with Gasteiger partial charge in [0, 0.05) is 23.6 Å². The summed E-state index contributed by atoms with van der Waals surface area (Å²) in [5, 5.41) is 10.5. The van der Waals surface area contributed by atoms with Gasteiger partial charge in [-0.25, -0.2) is 0 Å². The summed E-state index contributed by atoms with van der Waals surface area (Å²) in [4.78, 5) is 2.28. The Hall–Kier alpha value is -1.40. The maximum atomic E-state index is 10.5. The Balaban J connectivity index is 1.56. The highest BCUT2D eigenvalue weighted by molar-refractivity contribution is 9.10. The zero-order valence-corrected chi connectivity index (χ0v) is 17.8. The minimum Gasteiger partial charge on any atom is -0.491 e. The average Bonchev–Trinajstić information content (AvgIpc) is 2.64. The van der Waals surface area contributed by atoms with Gasteiger partial charge in [-0.05, 0) is 50.1 Å². The maximum Gasteiger partial charge on any atom is 0.122 e. The van der Waals surface area contributed by atoms with Crippen LogP contribution in [0.25, 0.3) is 0 Å². The smallest absolute Gasteiger partial charge is 0.122 e. The van der Waals surface area contributed by atoms with E-state index in [0.717, 1.165) is 27.9 Å². The summed E-state index contributed by atoms with van der Waals surface area (Å²) in [6.45, 7) is 8.59. The first-order valence-corrected chi connectivity index (χ1v) is 10.2. The number of benzene rings is 2. The number of β-amino-alcohol motifs (C(OH)–C–C–N with tert-alkyl or cyclic N) is 1. The first-order chi connectivity index (χ1) is 12.9. The molecule has 0 amide bonds. The van der Waals surface area contributed by atoms with Gasteiger partial charge in [0.05, 0.1) is 12.7 Å². The lowest BCUT2D eigenvalue weighted by Crippen LogP contribution is -2.49. The number of nitrogens with zero attached hydrogens (tertiary/aromatic N) is 1. The van der Waals surface area contributed by atoms with Crippen LogP contribution >= 0.6 is 15.9 Å². The molecule has 27 heavy (non-hydrogen) atoms. The molecule has 0 spiro atoms. The van der Waals surface area contributed by atoms with Crippen LogP contribution in [0.3, 0.4) is 0 Å². The monoisotopic (exact) mass is 433 g/mol. The van der Waals surface area contributed by atoms with Crippen molar-refractivity contribution in [3.8, 4) is 5.75 Å². The van der Waals surface area contributed by atoms with Crippen LogP contribution in [-0.2, 0) is 4.74 Å². The van der Waals surface area contributed by atoms with Crippen LogP contribution < -0.4 is 4.74 Å². The molecule has 146 valence electrons. The molecule has 0 aromatic heterocycles. The molecule has 0 bridgehead atoms. The third kappa shape index (κ3) is 5.32. The van der Waals surface area contributed by atoms with Gasteiger partial charge in [0.2, 0.25) is 0 Å². The van der Waals surface area contributed by atoms with Gasteiger partial charge in [-0.1, -0.05) is 45.8 Å². The highest BCUT2D eigenvalue weighted by Crippen LogP contribution is 2.29. The highest BCUT2D eigenvalue weighted by atomic mass is 79.9. The second-order valence-corrected chi connectivity index (χ2v) is 8.23. The molecule has 5 heteroatoms. The Morgan fingerprint density at radius 3 is 2.67 bits per heavy atom. The zero-order valence-electron chi connectivity index (χ0n) is 16.2. The lowest BCUT2D eigenvalue weighted by Gasteiger charge is -2.40. The number of aliphatic hydroxyl groups is 1. The Morgan fingerprint density at radius 2 is 1.96 bits per heavy atom. The van der Waals surface area contributed by atoms with Gasteiger partial charge >= 0.3 is 0 Å². The second kappa shape index (κ2) is 9.20. The van der Waals surface area contributed by atoms with Crippen molar-refractivity contribution in [2.24, 2.45) is 0 Å². The van der Waals surface area contributed by atoms with E-state index in [9.17, 15) is 5.11 Å². The van der Waals surface area contributed by atoms with E-state index >= 15 is 0 Å². The third-order valence-corrected chi connectivity index (χ3v) is 5.62. The lowest BCUT2D eigenvalue weighted by molar-refractivity contribution is -0.0804. The fourth-order valence-electron chi connectivity index (χ4n) is 3.59. The van der Waals surface area contributed by atoms with E-state index in [1.807, 2.05) is 31.2 Å². The van der Waals surface area contributed by atoms with Gasteiger partial charge in [-0.15, -0.1) is 0 Å². The molecule has 0 aliphatic carbocycles. The van der Waals surface area contributed by atoms with Crippen LogP contribution in [0.4, 0.5) is 0 Å². The number of hydrogen-bond donors (Lipinski definition) is 1. The quantitative estimate of drug-likeness (QED) is 0.738. The Labute approximate surface area is 170 Å². The molecule has 3 atom stereocenters. The molecule has 1 fully saturated rings. The van der Waals surface area contributed by atoms with Crippen molar-refractivity contribution >= 4 is 15.9 Å². The van der Waals surface area contributed by atoms with E-state index in [1.165, 1.54) is 5.56 Å². The molecule has 3 unspecified atom stereocenters. The molecule has 1 N–H and O–H groups in total. The molecule has 0 radical (unpaired) electrons. The van der Waals surface area contributed by atoms with Crippen LogP contribution in [0.1, 0.15) is 29.7 Å². The normalized spacial score (nSPS) is 21.8. The largest absolute Gasteiger partial charge is 0.491 e. The minimum absolute atomic E-state index is 0.0133. The highest BCUT2D eigenvalue weighted by Gasteiger charge is 2.31. The lowest BCUT2D eigenvalue weighted by atomic mass is 10.0. The van der Waals surface area contributed by atoms with Gasteiger partial charge in [0.25, 0.3) is 0 Å². The number of rotatable bonds is 6. The SMILES string of the molecule is Cc1ccc(OCC(O)CN2CCOC(c3ccc(Br)cc3)C2C)c(C)c1. The summed E-state index contributed by atoms with van der Waals surface area (Å²) in [6.07, 6.45) is -0.531. The third-order valence-electron chi connectivity index (χ3n) is 5.10. The number of aryl methyl sites for hydroxylation is 2. The van der Waals surface area contributed by atoms with Gasteiger partial charge in [0.1, 0.15) is 18.5 Å². The number of hydrogen-bond acceptors (Lipinski definition) is 4. The molecule has 3 rings (SSSR count). The second-order valence-electron chi connectivity index (χ2n) is 7.31. The van der Waals surface area contributed by atoms with E-state index in [0.29, 0.717) is 13.2 Å². The van der Waals surface area contributed by atoms with Crippen molar-refractivity contribution in [3.05, 3.63) is 63.6 Å². The molecule has 2 aromatic rings. The van der Waals surface area contributed by atoms with Crippen molar-refractivity contribution in [1.29, 1.82) is 0 Å². The molecular formula is C22H28BrNO3. The van der Waals surface area contributed by atoms with Crippen molar-refractivity contribution in [2.45, 2.75) is 39.0 Å². The summed E-state index contributed by atoms with van der Waals surface area (Å²) in [6, 6.07) is 14.5. The maximum absolute atomic E-state index is 10.5. The molecular weight excluding hydrogens is 406 g/mol. The Morgan fingerprint density at radius 1 is 1.22 bits per heavy atom. The first kappa shape index (κ1) is 20.3. The number of aliphatic hydroxyl groups excluding tert-OH is 1. The minimum atomic E-state index is -0.545. The van der Waals surface area contributed by atoms with Gasteiger partial charge in [0.15, 0.2) is 0 Å². The van der Waals surface area contributed by atoms with E-state index in [2.05, 4.69) is 52.9 Å². The summed E-state index contributed by atoms with van der Waals surface area (Å²) in [5.41, 5.74) is 3.47. The van der Waals surface area contributed by atoms with E-state index < -0.39 is 6.10 Å². The van der Waals surface area contributed by atoms with Crippen LogP contribution in [0.5, 0.6) is 5.75 Å². The van der Waals surface area contributed by atoms with Crippen LogP contribution in [0.2, 0.25) is 0 Å². The zero-order chi connectivity index (χ0) is 19.4. The molecule has 4 nitrogen and oxygen atoms in total. The standard InChI is InChI=1S/C22H28BrNO3/c1-15-4-9-21(16(2)12-15)27-14-20(25)13-24-10-11-26-22(17(24)3)18-5-7-19(23)8-6-18/h4-9,12,17,20,22,25H,10-11,13-14H2,1-3H3. The van der Waals surface area contributed by atoms with E-state index in [1.54, 1.807) is 0 Å². The van der Waals surface area contributed by atoms with Gasteiger partial charge in [-0.3, -0.25) is 4.90 Å². The van der Waals surface area contributed by atoms with Crippen LogP contribution in [0.15, 0.2) is 46.9 Å². The Bertz CT molecular complexity index is 750. The van der Waals surface area contributed by atoms with Crippen LogP contribution in [-0.4, -0.2) is 48.5 Å². The molecule has 1 aliphatic rings. The number of morpholine rings is 1. The molecule has 1 heterocycles. The molecule has 1 saturated heterocycles. The van der Waals surface area contributed by atoms with Crippen molar-refractivity contribution in [1.82, 2.24) is 4.90 Å². The molecule has 2 aromatic carbocycles. The molecule has 0 saturated carbocycles. The number of ether oxygens (including phenoxy) is 2. The summed E-state index contributed by atoms with van der Waals surface area (Å²) in [5.74, 6) is 0.836. The van der Waals surface area contributed by atoms with Crippen molar-refractivity contribution < 1.29 is 14.6 Å². The fourth-order valence-corrected chi connectivity index (χ4v) is 3.85. The first-order valence-electron chi connectivity index (χ1n) is 9.43. The molecule has 1 aliphatic heterocycles. The average molecular weight is 434 g/mol. The van der Waals surface area contributed by atoms with Crippen molar-refractivity contribution in [2.75, 3.05) is 26.3 Å². The van der Waals surface area contributed by atoms with Crippen molar-refractivity contribution in [3.63, 3.8) is 0 Å². The van der Waals surface area contributed by atoms with Gasteiger partial charge < -0.3 is 14.6 Å². The summed E-state index contributed by atoms with van der Waals surface area (Å²) < 4.78 is 12.9. The predicted octanol–water partition coefficient (Wildman–Crippen LogP) is 4.27.